The first-order valence-corrected chi connectivity index (χ1v) is 6.24. The molecule has 3 nitrogen and oxygen atoms in total. The van der Waals surface area contributed by atoms with Crippen LogP contribution in [-0.2, 0) is 6.42 Å². The number of aliphatic hydroxyl groups is 1. The van der Waals surface area contributed by atoms with Crippen LogP contribution in [-0.4, -0.2) is 23.7 Å². The van der Waals surface area contributed by atoms with Gasteiger partial charge in [-0.05, 0) is 42.9 Å². The van der Waals surface area contributed by atoms with Crippen LogP contribution < -0.4 is 5.32 Å². The first-order chi connectivity index (χ1) is 8.19. The summed E-state index contributed by atoms with van der Waals surface area (Å²) in [5.41, 5.74) is 1.95. The zero-order valence-electron chi connectivity index (χ0n) is 10.1. The van der Waals surface area contributed by atoms with Crippen LogP contribution in [0.2, 0.25) is 0 Å². The van der Waals surface area contributed by atoms with Crippen LogP contribution in [0.5, 0.6) is 0 Å². The monoisotopic (exact) mass is 233 g/mol. The normalized spacial score (nSPS) is 22.9. The van der Waals surface area contributed by atoms with Gasteiger partial charge in [-0.2, -0.15) is 0 Å². The third-order valence-corrected chi connectivity index (χ3v) is 3.39. The molecule has 1 aliphatic rings. The van der Waals surface area contributed by atoms with E-state index in [0.29, 0.717) is 18.0 Å². The lowest BCUT2D eigenvalue weighted by Gasteiger charge is -2.31. The second-order valence-corrected chi connectivity index (χ2v) is 4.75. The van der Waals surface area contributed by atoms with E-state index in [-0.39, 0.29) is 12.0 Å². The number of hydrogen-bond donors (Lipinski definition) is 2. The molecule has 2 rings (SSSR count). The lowest BCUT2D eigenvalue weighted by molar-refractivity contribution is 0.0420. The van der Waals surface area contributed by atoms with Crippen LogP contribution in [0.25, 0.3) is 0 Å². The molecule has 0 bridgehead atoms. The molecule has 0 atom stereocenters. The van der Waals surface area contributed by atoms with Gasteiger partial charge in [0.2, 0.25) is 0 Å². The van der Waals surface area contributed by atoms with Crippen molar-refractivity contribution in [2.75, 3.05) is 6.54 Å². The minimum absolute atomic E-state index is 0.0194. The van der Waals surface area contributed by atoms with Crippen LogP contribution in [0.3, 0.4) is 0 Å². The number of benzene rings is 1. The van der Waals surface area contributed by atoms with E-state index in [1.165, 1.54) is 5.56 Å². The summed E-state index contributed by atoms with van der Waals surface area (Å²) in [5.74, 6) is 0.429. The maximum atomic E-state index is 11.8. The van der Waals surface area contributed by atoms with Gasteiger partial charge in [-0.25, -0.2) is 0 Å². The molecule has 1 aromatic rings. The molecule has 3 heteroatoms. The Morgan fingerprint density at radius 1 is 1.35 bits per heavy atom. The Hall–Kier alpha value is -1.35. The lowest BCUT2D eigenvalue weighted by atomic mass is 9.82. The molecule has 0 aliphatic heterocycles. The molecule has 0 radical (unpaired) electrons. The van der Waals surface area contributed by atoms with E-state index < -0.39 is 0 Å². The fourth-order valence-electron chi connectivity index (χ4n) is 2.10. The highest BCUT2D eigenvalue weighted by Crippen LogP contribution is 2.26. The maximum absolute atomic E-state index is 11.8. The number of carbonyl (C=O) groups is 1. The zero-order valence-corrected chi connectivity index (χ0v) is 10.1. The molecule has 1 fully saturated rings. The van der Waals surface area contributed by atoms with Crippen LogP contribution in [0.4, 0.5) is 0 Å². The summed E-state index contributed by atoms with van der Waals surface area (Å²) in [7, 11) is 0. The predicted octanol–water partition coefficient (Wildman–Crippen LogP) is 1.75. The van der Waals surface area contributed by atoms with Gasteiger partial charge < -0.3 is 10.4 Å². The SMILES string of the molecule is CCc1ccc(C(=O)NCC2CC(O)C2)cc1. The van der Waals surface area contributed by atoms with Crippen molar-refractivity contribution >= 4 is 5.91 Å². The summed E-state index contributed by atoms with van der Waals surface area (Å²) >= 11 is 0. The summed E-state index contributed by atoms with van der Waals surface area (Å²) in [6.07, 6.45) is 2.46. The topological polar surface area (TPSA) is 49.3 Å². The molecule has 2 N–H and O–H groups in total. The van der Waals surface area contributed by atoms with Crippen LogP contribution in [0.15, 0.2) is 24.3 Å². The van der Waals surface area contributed by atoms with Gasteiger partial charge in [0.05, 0.1) is 6.10 Å². The van der Waals surface area contributed by atoms with Crippen LogP contribution >= 0.6 is 0 Å². The Kier molecular flexibility index (Phi) is 3.79. The molecule has 1 amide bonds. The van der Waals surface area contributed by atoms with Crippen molar-refractivity contribution in [3.63, 3.8) is 0 Å². The Bertz CT molecular complexity index is 380. The van der Waals surface area contributed by atoms with Gasteiger partial charge in [-0.1, -0.05) is 19.1 Å². The fraction of sp³-hybridized carbons (Fsp3) is 0.500. The molecule has 1 aliphatic carbocycles. The van der Waals surface area contributed by atoms with Gasteiger partial charge in [-0.15, -0.1) is 0 Å². The van der Waals surface area contributed by atoms with Crippen molar-refractivity contribution < 1.29 is 9.90 Å². The molecule has 0 saturated heterocycles. The van der Waals surface area contributed by atoms with Crippen molar-refractivity contribution in [2.24, 2.45) is 5.92 Å². The highest BCUT2D eigenvalue weighted by molar-refractivity contribution is 5.94. The molecule has 1 aromatic carbocycles. The molecule has 0 unspecified atom stereocenters. The summed E-state index contributed by atoms with van der Waals surface area (Å²) in [4.78, 5) is 11.8. The van der Waals surface area contributed by atoms with Gasteiger partial charge in [0.1, 0.15) is 0 Å². The maximum Gasteiger partial charge on any atom is 0.251 e. The van der Waals surface area contributed by atoms with E-state index in [0.717, 1.165) is 19.3 Å². The molecule has 17 heavy (non-hydrogen) atoms. The van der Waals surface area contributed by atoms with Gasteiger partial charge in [0.25, 0.3) is 5.91 Å². The van der Waals surface area contributed by atoms with Crippen molar-refractivity contribution in [1.82, 2.24) is 5.32 Å². The van der Waals surface area contributed by atoms with E-state index in [4.69, 9.17) is 5.11 Å². The lowest BCUT2D eigenvalue weighted by Crippen LogP contribution is -2.38. The number of aryl methyl sites for hydroxylation is 1. The number of hydrogen-bond acceptors (Lipinski definition) is 2. The quantitative estimate of drug-likeness (QED) is 0.832. The van der Waals surface area contributed by atoms with Crippen molar-refractivity contribution in [2.45, 2.75) is 32.3 Å². The third kappa shape index (κ3) is 3.07. The summed E-state index contributed by atoms with van der Waals surface area (Å²) < 4.78 is 0. The smallest absolute Gasteiger partial charge is 0.251 e. The summed E-state index contributed by atoms with van der Waals surface area (Å²) in [6, 6.07) is 7.71. The molecule has 0 heterocycles. The number of amides is 1. The standard InChI is InChI=1S/C14H19NO2/c1-2-10-3-5-12(6-4-10)14(17)15-9-11-7-13(16)8-11/h3-6,11,13,16H,2,7-9H2,1H3,(H,15,17). The second-order valence-electron chi connectivity index (χ2n) is 4.75. The van der Waals surface area contributed by atoms with E-state index >= 15 is 0 Å². The fourth-order valence-corrected chi connectivity index (χ4v) is 2.10. The Morgan fingerprint density at radius 3 is 2.53 bits per heavy atom. The average Bonchev–Trinajstić information content (AvgIpc) is 2.33. The number of carbonyl (C=O) groups excluding carboxylic acids is 1. The second kappa shape index (κ2) is 5.32. The van der Waals surface area contributed by atoms with E-state index in [1.807, 2.05) is 24.3 Å². The number of rotatable bonds is 4. The van der Waals surface area contributed by atoms with E-state index in [2.05, 4.69) is 12.2 Å². The highest BCUT2D eigenvalue weighted by Gasteiger charge is 2.27. The van der Waals surface area contributed by atoms with Crippen molar-refractivity contribution in [3.8, 4) is 0 Å². The van der Waals surface area contributed by atoms with E-state index in [9.17, 15) is 4.79 Å². The minimum Gasteiger partial charge on any atom is -0.393 e. The molecular formula is C14H19NO2. The van der Waals surface area contributed by atoms with Crippen LogP contribution in [0, 0.1) is 5.92 Å². The van der Waals surface area contributed by atoms with Gasteiger partial charge in [-0.3, -0.25) is 4.79 Å². The first kappa shape index (κ1) is 12.1. The Labute approximate surface area is 102 Å². The minimum atomic E-state index is -0.152. The zero-order chi connectivity index (χ0) is 12.3. The Balaban J connectivity index is 1.82. The molecule has 0 spiro atoms. The summed E-state index contributed by atoms with van der Waals surface area (Å²) in [5, 5.41) is 12.1. The van der Waals surface area contributed by atoms with Crippen LogP contribution in [0.1, 0.15) is 35.7 Å². The van der Waals surface area contributed by atoms with Gasteiger partial charge in [0.15, 0.2) is 0 Å². The highest BCUT2D eigenvalue weighted by atomic mass is 16.3. The van der Waals surface area contributed by atoms with Gasteiger partial charge >= 0.3 is 0 Å². The van der Waals surface area contributed by atoms with Crippen molar-refractivity contribution in [3.05, 3.63) is 35.4 Å². The molecular weight excluding hydrogens is 214 g/mol. The van der Waals surface area contributed by atoms with E-state index in [1.54, 1.807) is 0 Å². The largest absolute Gasteiger partial charge is 0.393 e. The molecule has 92 valence electrons. The number of aliphatic hydroxyl groups excluding tert-OH is 1. The number of nitrogens with one attached hydrogen (secondary N) is 1. The predicted molar refractivity (Wildman–Crippen MR) is 66.9 cm³/mol. The van der Waals surface area contributed by atoms with Crippen molar-refractivity contribution in [1.29, 1.82) is 0 Å². The molecule has 0 aromatic heterocycles. The summed E-state index contributed by atoms with van der Waals surface area (Å²) in [6.45, 7) is 2.77. The molecule has 1 saturated carbocycles. The van der Waals surface area contributed by atoms with Gasteiger partial charge in [0, 0.05) is 12.1 Å². The first-order valence-electron chi connectivity index (χ1n) is 6.24. The third-order valence-electron chi connectivity index (χ3n) is 3.39. The Morgan fingerprint density at radius 2 is 2.00 bits per heavy atom. The average molecular weight is 233 g/mol.